The minimum atomic E-state index is -0.371. The van der Waals surface area contributed by atoms with Crippen LogP contribution in [0.1, 0.15) is 43.5 Å². The van der Waals surface area contributed by atoms with Crippen molar-refractivity contribution < 1.29 is 14.3 Å². The molecule has 1 rings (SSSR count). The number of ether oxygens (including phenoxy) is 1. The van der Waals surface area contributed by atoms with Crippen LogP contribution in [0.3, 0.4) is 0 Å². The van der Waals surface area contributed by atoms with Crippen LogP contribution >= 0.6 is 11.8 Å². The fraction of sp³-hybridized carbons (Fsp3) is 0.429. The lowest BCUT2D eigenvalue weighted by atomic mass is 10.2. The van der Waals surface area contributed by atoms with Crippen molar-refractivity contribution >= 4 is 22.8 Å². The maximum atomic E-state index is 11.7. The molecule has 3 nitrogen and oxygen atoms in total. The first-order valence-electron chi connectivity index (χ1n) is 6.15. The van der Waals surface area contributed by atoms with Crippen molar-refractivity contribution in [2.75, 3.05) is 6.61 Å². The highest BCUT2D eigenvalue weighted by Gasteiger charge is 2.14. The summed E-state index contributed by atoms with van der Waals surface area (Å²) in [6, 6.07) is 7.05. The number of unbranched alkanes of at least 4 members (excludes halogenated alkanes) is 1. The fourth-order valence-corrected chi connectivity index (χ4v) is 2.33. The average molecular weight is 266 g/mol. The molecule has 1 aromatic carbocycles. The van der Waals surface area contributed by atoms with Crippen molar-refractivity contribution in [2.24, 2.45) is 0 Å². The molecule has 4 heteroatoms. The summed E-state index contributed by atoms with van der Waals surface area (Å²) in [5.74, 6) is -0.371. The van der Waals surface area contributed by atoms with E-state index in [1.165, 1.54) is 0 Å². The Bertz CT molecular complexity index is 415. The maximum absolute atomic E-state index is 11.7. The third-order valence-corrected chi connectivity index (χ3v) is 3.35. The van der Waals surface area contributed by atoms with E-state index in [1.54, 1.807) is 25.1 Å². The molecule has 18 heavy (non-hydrogen) atoms. The van der Waals surface area contributed by atoms with Gasteiger partial charge in [0.2, 0.25) is 0 Å². The smallest absolute Gasteiger partial charge is 0.339 e. The van der Waals surface area contributed by atoms with Gasteiger partial charge in [-0.3, -0.25) is 4.79 Å². The van der Waals surface area contributed by atoms with Crippen LogP contribution in [0, 0.1) is 0 Å². The first-order valence-corrected chi connectivity index (χ1v) is 6.97. The molecule has 0 heterocycles. The van der Waals surface area contributed by atoms with Crippen LogP contribution in [0.5, 0.6) is 0 Å². The third-order valence-electron chi connectivity index (χ3n) is 2.34. The highest BCUT2D eigenvalue weighted by Crippen LogP contribution is 2.25. The zero-order valence-electron chi connectivity index (χ0n) is 10.8. The molecule has 0 aliphatic heterocycles. The van der Waals surface area contributed by atoms with E-state index < -0.39 is 0 Å². The molecule has 0 bridgehead atoms. The van der Waals surface area contributed by atoms with Crippen LogP contribution in [0.15, 0.2) is 29.2 Å². The number of benzene rings is 1. The Labute approximate surface area is 112 Å². The molecule has 0 spiro atoms. The Balaban J connectivity index is 2.76. The predicted molar refractivity (Wildman–Crippen MR) is 72.8 cm³/mol. The summed E-state index contributed by atoms with van der Waals surface area (Å²) >= 11 is 1.12. The first-order chi connectivity index (χ1) is 8.69. The van der Waals surface area contributed by atoms with Crippen molar-refractivity contribution in [3.05, 3.63) is 29.8 Å². The lowest BCUT2D eigenvalue weighted by Crippen LogP contribution is -2.06. The number of hydrogen-bond acceptors (Lipinski definition) is 4. The van der Waals surface area contributed by atoms with Gasteiger partial charge in [0.25, 0.3) is 0 Å². The van der Waals surface area contributed by atoms with Gasteiger partial charge < -0.3 is 4.74 Å². The van der Waals surface area contributed by atoms with Gasteiger partial charge in [-0.1, -0.05) is 37.2 Å². The zero-order chi connectivity index (χ0) is 13.4. The summed E-state index contributed by atoms with van der Waals surface area (Å²) < 4.78 is 4.97. The molecule has 0 aliphatic carbocycles. The van der Waals surface area contributed by atoms with Crippen LogP contribution in [0.2, 0.25) is 0 Å². The zero-order valence-corrected chi connectivity index (χ0v) is 11.6. The number of rotatable bonds is 6. The van der Waals surface area contributed by atoms with Crippen LogP contribution in [0.25, 0.3) is 0 Å². The number of thioether (sulfide) groups is 1. The summed E-state index contributed by atoms with van der Waals surface area (Å²) in [4.78, 5) is 24.1. The molecule has 0 unspecified atom stereocenters. The van der Waals surface area contributed by atoms with Crippen molar-refractivity contribution in [3.63, 3.8) is 0 Å². The SMILES string of the molecule is CCCCC(=O)Sc1ccccc1C(=O)OCC. The molecule has 0 amide bonds. The average Bonchev–Trinajstić information content (AvgIpc) is 2.37. The molecule has 0 fully saturated rings. The number of carbonyl (C=O) groups excluding carboxylic acids is 2. The van der Waals surface area contributed by atoms with Gasteiger partial charge >= 0.3 is 5.97 Å². The normalized spacial score (nSPS) is 10.1. The van der Waals surface area contributed by atoms with E-state index >= 15 is 0 Å². The Kier molecular flexibility index (Phi) is 6.50. The van der Waals surface area contributed by atoms with Gasteiger partial charge in [0.1, 0.15) is 0 Å². The summed E-state index contributed by atoms with van der Waals surface area (Å²) in [7, 11) is 0. The van der Waals surface area contributed by atoms with Gasteiger partial charge in [0.15, 0.2) is 5.12 Å². The molecular weight excluding hydrogens is 248 g/mol. The molecule has 0 radical (unpaired) electrons. The Morgan fingerprint density at radius 2 is 1.94 bits per heavy atom. The van der Waals surface area contributed by atoms with E-state index in [1.807, 2.05) is 13.0 Å². The van der Waals surface area contributed by atoms with Gasteiger partial charge in [-0.15, -0.1) is 0 Å². The van der Waals surface area contributed by atoms with Crippen molar-refractivity contribution in [3.8, 4) is 0 Å². The molecule has 0 aromatic heterocycles. The topological polar surface area (TPSA) is 43.4 Å². The van der Waals surface area contributed by atoms with Gasteiger partial charge in [-0.25, -0.2) is 4.79 Å². The fourth-order valence-electron chi connectivity index (χ4n) is 1.43. The van der Waals surface area contributed by atoms with Gasteiger partial charge in [0.05, 0.1) is 12.2 Å². The summed E-state index contributed by atoms with van der Waals surface area (Å²) in [6.45, 7) is 4.15. The molecule has 98 valence electrons. The maximum Gasteiger partial charge on any atom is 0.339 e. The summed E-state index contributed by atoms with van der Waals surface area (Å²) in [5.41, 5.74) is 0.467. The molecule has 0 atom stereocenters. The van der Waals surface area contributed by atoms with E-state index in [4.69, 9.17) is 4.74 Å². The van der Waals surface area contributed by atoms with Gasteiger partial charge in [-0.05, 0) is 25.5 Å². The Morgan fingerprint density at radius 3 is 2.61 bits per heavy atom. The molecule has 1 aromatic rings. The van der Waals surface area contributed by atoms with Crippen LogP contribution < -0.4 is 0 Å². The van der Waals surface area contributed by atoms with E-state index in [-0.39, 0.29) is 11.1 Å². The van der Waals surface area contributed by atoms with Crippen LogP contribution in [0.4, 0.5) is 0 Å². The monoisotopic (exact) mass is 266 g/mol. The van der Waals surface area contributed by atoms with E-state index in [0.29, 0.717) is 23.5 Å². The largest absolute Gasteiger partial charge is 0.462 e. The van der Waals surface area contributed by atoms with Crippen molar-refractivity contribution in [1.29, 1.82) is 0 Å². The standard InChI is InChI=1S/C14H18O3S/c1-3-5-10-13(15)18-12-9-7-6-8-11(12)14(16)17-4-2/h6-9H,3-5,10H2,1-2H3. The number of hydrogen-bond donors (Lipinski definition) is 0. The molecular formula is C14H18O3S. The Morgan fingerprint density at radius 1 is 1.22 bits per heavy atom. The minimum absolute atomic E-state index is 0.0913. The van der Waals surface area contributed by atoms with E-state index in [2.05, 4.69) is 0 Å². The second kappa shape index (κ2) is 7.93. The van der Waals surface area contributed by atoms with Crippen molar-refractivity contribution in [1.82, 2.24) is 0 Å². The quantitative estimate of drug-likeness (QED) is 0.582. The second-order valence-corrected chi connectivity index (χ2v) is 4.89. The van der Waals surface area contributed by atoms with E-state index in [0.717, 1.165) is 24.6 Å². The second-order valence-electron chi connectivity index (χ2n) is 3.79. The van der Waals surface area contributed by atoms with Gasteiger partial charge in [0, 0.05) is 11.3 Å². The number of carbonyl (C=O) groups is 2. The highest BCUT2D eigenvalue weighted by molar-refractivity contribution is 8.13. The summed E-state index contributed by atoms with van der Waals surface area (Å²) in [5, 5.41) is 0.0913. The molecule has 0 N–H and O–H groups in total. The van der Waals surface area contributed by atoms with Gasteiger partial charge in [-0.2, -0.15) is 0 Å². The minimum Gasteiger partial charge on any atom is -0.462 e. The molecule has 0 aliphatic rings. The Hall–Kier alpha value is -1.29. The molecule has 0 saturated carbocycles. The first kappa shape index (κ1) is 14.8. The molecule has 0 saturated heterocycles. The number of esters is 1. The van der Waals surface area contributed by atoms with Crippen LogP contribution in [-0.4, -0.2) is 17.7 Å². The lowest BCUT2D eigenvalue weighted by molar-refractivity contribution is -0.111. The lowest BCUT2D eigenvalue weighted by Gasteiger charge is -2.07. The highest BCUT2D eigenvalue weighted by atomic mass is 32.2. The predicted octanol–water partition coefficient (Wildman–Crippen LogP) is 3.67. The van der Waals surface area contributed by atoms with Crippen molar-refractivity contribution in [2.45, 2.75) is 38.0 Å². The van der Waals surface area contributed by atoms with Crippen LogP contribution in [-0.2, 0) is 9.53 Å². The summed E-state index contributed by atoms with van der Waals surface area (Å²) in [6.07, 6.45) is 2.41. The third kappa shape index (κ3) is 4.53. The van der Waals surface area contributed by atoms with E-state index in [9.17, 15) is 9.59 Å².